The molecule has 1 aromatic heterocycles. The summed E-state index contributed by atoms with van der Waals surface area (Å²) in [6, 6.07) is 1.95. The highest BCUT2D eigenvalue weighted by atomic mass is 19.2. The SMILES string of the molecule is COC(=O)C(=O)OC.COC(=O)c1c(OC)c(=O)c(C(=O)NCc2c(F)cc(F)cc2F)cn1CC(OC)OC.COC(C)CN.COCC(=O)CC(=O)NCc1c(F)cc(F)cc1F. The Labute approximate surface area is 368 Å². The summed E-state index contributed by atoms with van der Waals surface area (Å²) in [6.07, 6.45) is -0.0680. The van der Waals surface area contributed by atoms with Crippen molar-refractivity contribution >= 4 is 35.5 Å². The lowest BCUT2D eigenvalue weighted by Gasteiger charge is -2.20. The second kappa shape index (κ2) is 30.6. The molecule has 1 heterocycles. The number of halogens is 6. The van der Waals surface area contributed by atoms with E-state index in [1.54, 1.807) is 7.11 Å². The van der Waals surface area contributed by atoms with Gasteiger partial charge in [0.25, 0.3) is 5.91 Å². The first-order valence-electron chi connectivity index (χ1n) is 18.3. The third-order valence-electron chi connectivity index (χ3n) is 7.97. The first-order valence-corrected chi connectivity index (χ1v) is 18.3. The second-order valence-corrected chi connectivity index (χ2v) is 12.4. The average molecular weight is 941 g/mol. The minimum atomic E-state index is -1.21. The second-order valence-electron chi connectivity index (χ2n) is 12.4. The van der Waals surface area contributed by atoms with Gasteiger partial charge in [-0.05, 0) is 6.92 Å². The van der Waals surface area contributed by atoms with Crippen molar-refractivity contribution in [3.8, 4) is 5.75 Å². The predicted octanol–water partition coefficient (Wildman–Crippen LogP) is 2.25. The number of rotatable bonds is 17. The molecule has 0 bridgehead atoms. The largest absolute Gasteiger partial charge is 0.491 e. The van der Waals surface area contributed by atoms with E-state index in [0.29, 0.717) is 30.8 Å². The molecule has 2 aromatic carbocycles. The first kappa shape index (κ1) is 58.6. The molecule has 362 valence electrons. The molecule has 0 radical (unpaired) electrons. The zero-order chi connectivity index (χ0) is 50.0. The number of carbonyl (C=O) groups excluding carboxylic acids is 6. The molecule has 3 aromatic rings. The van der Waals surface area contributed by atoms with Gasteiger partial charge in [0, 0.05) is 89.7 Å². The van der Waals surface area contributed by atoms with Crippen molar-refractivity contribution in [2.45, 2.75) is 45.4 Å². The molecule has 0 aliphatic rings. The summed E-state index contributed by atoms with van der Waals surface area (Å²) in [6.45, 7) is 1.05. The van der Waals surface area contributed by atoms with Crippen LogP contribution in [0.5, 0.6) is 5.75 Å². The number of hydrogen-bond donors (Lipinski definition) is 3. The summed E-state index contributed by atoms with van der Waals surface area (Å²) in [7, 11) is 10.1. The van der Waals surface area contributed by atoms with Crippen LogP contribution in [0.25, 0.3) is 0 Å². The highest BCUT2D eigenvalue weighted by Crippen LogP contribution is 2.19. The van der Waals surface area contributed by atoms with Crippen LogP contribution in [-0.2, 0) is 72.0 Å². The van der Waals surface area contributed by atoms with Crippen LogP contribution in [0.4, 0.5) is 26.3 Å². The van der Waals surface area contributed by atoms with Crippen LogP contribution in [0.15, 0.2) is 35.3 Å². The van der Waals surface area contributed by atoms with E-state index < -0.39 is 124 Å². The molecule has 0 fully saturated rings. The Balaban J connectivity index is 0.00000104. The van der Waals surface area contributed by atoms with Gasteiger partial charge in [0.2, 0.25) is 11.3 Å². The zero-order valence-electron chi connectivity index (χ0n) is 36.7. The third kappa shape index (κ3) is 19.9. The zero-order valence-corrected chi connectivity index (χ0v) is 36.7. The molecule has 0 saturated heterocycles. The number of nitrogens with one attached hydrogen (secondary N) is 2. The van der Waals surface area contributed by atoms with Crippen molar-refractivity contribution in [1.29, 1.82) is 0 Å². The van der Waals surface area contributed by atoms with Gasteiger partial charge in [-0.3, -0.25) is 19.2 Å². The Bertz CT molecular complexity index is 2070. The van der Waals surface area contributed by atoms with Crippen LogP contribution < -0.4 is 26.5 Å². The quantitative estimate of drug-likeness (QED) is 0.0439. The fourth-order valence-electron chi connectivity index (χ4n) is 4.50. The van der Waals surface area contributed by atoms with Gasteiger partial charge in [-0.15, -0.1) is 0 Å². The van der Waals surface area contributed by atoms with Crippen LogP contribution in [0, 0.1) is 34.9 Å². The molecule has 0 aliphatic carbocycles. The Hall–Kier alpha value is -6.41. The van der Waals surface area contributed by atoms with Gasteiger partial charge in [0.15, 0.2) is 23.5 Å². The number of methoxy groups -OCH3 is 8. The van der Waals surface area contributed by atoms with E-state index in [1.165, 1.54) is 21.3 Å². The molecule has 0 saturated carbocycles. The van der Waals surface area contributed by atoms with Gasteiger partial charge < -0.3 is 58.8 Å². The average Bonchev–Trinajstić information content (AvgIpc) is 3.26. The molecule has 1 unspecified atom stereocenters. The number of nitrogens with zero attached hydrogens (tertiary/aromatic N) is 1. The summed E-state index contributed by atoms with van der Waals surface area (Å²) in [5, 5.41) is 4.36. The summed E-state index contributed by atoms with van der Waals surface area (Å²) >= 11 is 0. The van der Waals surface area contributed by atoms with Crippen molar-refractivity contribution < 1.29 is 93.0 Å². The number of nitrogens with two attached hydrogens (primary N) is 1. The lowest BCUT2D eigenvalue weighted by Crippen LogP contribution is -2.34. The van der Waals surface area contributed by atoms with Crippen LogP contribution in [-0.4, -0.2) is 122 Å². The Morgan fingerprint density at radius 3 is 1.51 bits per heavy atom. The molecule has 2 amide bonds. The van der Waals surface area contributed by atoms with Crippen LogP contribution in [0.2, 0.25) is 0 Å². The van der Waals surface area contributed by atoms with Gasteiger partial charge in [0.05, 0.1) is 47.5 Å². The molecule has 1 atom stereocenters. The number of aromatic nitrogens is 1. The summed E-state index contributed by atoms with van der Waals surface area (Å²) in [4.78, 5) is 80.1. The van der Waals surface area contributed by atoms with Crippen molar-refractivity contribution in [2.75, 3.05) is 70.0 Å². The van der Waals surface area contributed by atoms with Crippen LogP contribution in [0.1, 0.15) is 45.3 Å². The number of amides is 2. The predicted molar refractivity (Wildman–Crippen MR) is 213 cm³/mol. The topological polar surface area (TPSA) is 248 Å². The fraction of sp³-hybridized carbons (Fsp3) is 0.425. The van der Waals surface area contributed by atoms with E-state index in [2.05, 4.69) is 24.8 Å². The number of ether oxygens (including phenoxy) is 8. The van der Waals surface area contributed by atoms with Crippen molar-refractivity contribution in [3.63, 3.8) is 0 Å². The van der Waals surface area contributed by atoms with E-state index >= 15 is 0 Å². The monoisotopic (exact) mass is 940 g/mol. The Morgan fingerprint density at radius 1 is 0.692 bits per heavy atom. The normalized spacial score (nSPS) is 10.7. The highest BCUT2D eigenvalue weighted by molar-refractivity contribution is 6.29. The summed E-state index contributed by atoms with van der Waals surface area (Å²) in [5.74, 6) is -12.3. The molecular formula is C40H50F6N4O15. The van der Waals surface area contributed by atoms with Gasteiger partial charge in [-0.1, -0.05) is 0 Å². The lowest BCUT2D eigenvalue weighted by atomic mass is 10.1. The number of ketones is 1. The van der Waals surface area contributed by atoms with Gasteiger partial charge in [-0.25, -0.2) is 40.7 Å². The maximum atomic E-state index is 13.8. The van der Waals surface area contributed by atoms with Crippen LogP contribution >= 0.6 is 0 Å². The molecule has 65 heavy (non-hydrogen) atoms. The minimum Gasteiger partial charge on any atom is -0.491 e. The Kier molecular flexibility index (Phi) is 27.6. The molecular weight excluding hydrogens is 890 g/mol. The van der Waals surface area contributed by atoms with E-state index in [9.17, 15) is 59.9 Å². The van der Waals surface area contributed by atoms with E-state index in [0.717, 1.165) is 39.2 Å². The summed E-state index contributed by atoms with van der Waals surface area (Å²) < 4.78 is 118. The standard InChI is InChI=1S/C20H21F3N2O7.C12H12F3NO3.C4H11NO.C4H6O4/c1-29-15(30-2)9-25-8-12(17(26)18(31-3)16(25)20(28)32-4)19(27)24-7-11-13(22)5-10(21)6-14(11)23;1-19-6-8(17)4-12(18)16-5-9-10(14)2-7(13)3-11(9)15;1-4(3-5)6-2;1-7-3(5)4(6)8-2/h5-6,8,15H,7,9H2,1-4H3,(H,24,27);2-3H,4-6H2,1H3,(H,16,18);4H,3,5H2,1-2H3;1-2H3. The number of benzene rings is 2. The molecule has 3 rings (SSSR count). The van der Waals surface area contributed by atoms with E-state index in [1.807, 2.05) is 6.92 Å². The number of Topliss-reactive ketones (excluding diaryl/α,β-unsaturated/α-hetero) is 1. The van der Waals surface area contributed by atoms with Gasteiger partial charge in [0.1, 0.15) is 47.1 Å². The van der Waals surface area contributed by atoms with Crippen LogP contribution in [0.3, 0.4) is 0 Å². The number of hydrogen-bond acceptors (Lipinski definition) is 16. The van der Waals surface area contributed by atoms with Crippen molar-refractivity contribution in [2.24, 2.45) is 5.73 Å². The van der Waals surface area contributed by atoms with E-state index in [4.69, 9.17) is 29.4 Å². The van der Waals surface area contributed by atoms with Gasteiger partial charge >= 0.3 is 17.9 Å². The maximum absolute atomic E-state index is 13.8. The molecule has 0 aliphatic heterocycles. The first-order chi connectivity index (χ1) is 30.6. The molecule has 25 heteroatoms. The minimum absolute atomic E-state index is 0.143. The molecule has 0 spiro atoms. The summed E-state index contributed by atoms with van der Waals surface area (Å²) in [5.41, 5.74) is 2.33. The van der Waals surface area contributed by atoms with Crippen molar-refractivity contribution in [3.05, 3.63) is 98.0 Å². The maximum Gasteiger partial charge on any atom is 0.417 e. The van der Waals surface area contributed by atoms with Gasteiger partial charge in [-0.2, -0.15) is 0 Å². The highest BCUT2D eigenvalue weighted by Gasteiger charge is 2.27. The fourth-order valence-corrected chi connectivity index (χ4v) is 4.50. The number of esters is 3. The number of pyridine rings is 1. The lowest BCUT2D eigenvalue weighted by molar-refractivity contribution is -0.164. The van der Waals surface area contributed by atoms with E-state index in [-0.39, 0.29) is 24.9 Å². The number of carbonyl (C=O) groups is 6. The third-order valence-corrected chi connectivity index (χ3v) is 7.97. The smallest absolute Gasteiger partial charge is 0.417 e. The molecule has 19 nitrogen and oxygen atoms in total. The molecule has 4 N–H and O–H groups in total. The van der Waals surface area contributed by atoms with Crippen molar-refractivity contribution in [1.82, 2.24) is 15.2 Å². The Morgan fingerprint density at radius 2 is 1.15 bits per heavy atom.